The van der Waals surface area contributed by atoms with Gasteiger partial charge in [-0.25, -0.2) is 26.8 Å². The van der Waals surface area contributed by atoms with Crippen molar-refractivity contribution in [1.29, 1.82) is 0 Å². The summed E-state index contributed by atoms with van der Waals surface area (Å²) in [6, 6.07) is 11.3. The number of carbonyl (C=O) groups excluding carboxylic acids is 6. The van der Waals surface area contributed by atoms with E-state index in [2.05, 4.69) is 19.5 Å². The van der Waals surface area contributed by atoms with Gasteiger partial charge in [0.2, 0.25) is 39.7 Å². The minimum atomic E-state index is -3.25. The Balaban J connectivity index is 0.000000844. The number of carbonyl (C=O) groups is 6. The molecule has 3 rings (SSSR count). The number of hydrogen-bond donors (Lipinski definition) is 0. The fraction of sp³-hybridized carbons (Fsp3) is 0.250. The zero-order valence-corrected chi connectivity index (χ0v) is 38.4. The van der Waals surface area contributed by atoms with Crippen molar-refractivity contribution >= 4 is 140 Å². The van der Waals surface area contributed by atoms with E-state index >= 15 is 0 Å². The predicted octanol–water partition coefficient (Wildman–Crippen LogP) is -0.0774. The Bertz CT molecular complexity index is 1980. The van der Waals surface area contributed by atoms with Crippen LogP contribution in [0.2, 0.25) is 0 Å². The van der Waals surface area contributed by atoms with Crippen LogP contribution < -0.4 is 10.2 Å². The first-order valence-electron chi connectivity index (χ1n) is 15.3. The van der Waals surface area contributed by atoms with Crippen LogP contribution in [0.3, 0.4) is 0 Å². The van der Waals surface area contributed by atoms with Crippen molar-refractivity contribution in [2.24, 2.45) is 9.98 Å². The van der Waals surface area contributed by atoms with Gasteiger partial charge >= 0.3 is 23.1 Å². The molecule has 0 unspecified atom stereocenters. The van der Waals surface area contributed by atoms with Crippen molar-refractivity contribution < 1.29 is 65.3 Å². The molecule has 304 valence electrons. The van der Waals surface area contributed by atoms with Gasteiger partial charge in [0, 0.05) is 28.2 Å². The molecule has 0 saturated carbocycles. The van der Waals surface area contributed by atoms with Crippen molar-refractivity contribution in [3.05, 3.63) is 71.3 Å². The van der Waals surface area contributed by atoms with Crippen molar-refractivity contribution in [3.63, 3.8) is 0 Å². The van der Waals surface area contributed by atoms with Crippen molar-refractivity contribution in [2.75, 3.05) is 41.4 Å². The Morgan fingerprint density at radius 2 is 0.825 bits per heavy atom. The maximum Gasteiger partial charge on any atom is 2.00 e. The Morgan fingerprint density at radius 1 is 0.579 bits per heavy atom. The van der Waals surface area contributed by atoms with Crippen LogP contribution in [-0.4, -0.2) is 150 Å². The molecule has 0 spiro atoms. The number of ketones is 2. The Labute approximate surface area is 368 Å². The minimum absolute atomic E-state index is 0. The molecule has 0 aromatic heterocycles. The van der Waals surface area contributed by atoms with Crippen LogP contribution in [0.5, 0.6) is 0 Å². The van der Waals surface area contributed by atoms with E-state index < -0.39 is 37.8 Å². The molecule has 4 amide bonds. The molecule has 0 saturated heterocycles. The molecule has 0 aliphatic heterocycles. The monoisotopic (exact) mass is 1070 g/mol. The third kappa shape index (κ3) is 15.9. The summed E-state index contributed by atoms with van der Waals surface area (Å²) >= 11 is 2.69. The summed E-state index contributed by atoms with van der Waals surface area (Å²) in [5.74, 6) is -2.17. The molecular formula is C32H34I2MgN6O14S2. The number of benzene rings is 2. The maximum absolute atomic E-state index is 12.4. The van der Waals surface area contributed by atoms with E-state index in [1.807, 2.05) is 0 Å². The largest absolute Gasteiger partial charge is 2.00 e. The van der Waals surface area contributed by atoms with Gasteiger partial charge in [0.1, 0.15) is 11.4 Å². The standard InChI is InChI=1S/C14H16N4O6.2C9H10INO4S.Mg/c1-15(5-19)9-10(16(2)6-20)12(18(4)8-22)14(24)13(23)11(9)17(3)7-21;2*1-2-15-9(12)11-7-3-5-8(6-4-7)16(10,13)14;/h5-8H,1-4H3;2*3-6H,2H2,1H3,(H,11,12);/q;;;+2/p-2. The summed E-state index contributed by atoms with van der Waals surface area (Å²) < 4.78 is 53.8. The zero-order valence-electron chi connectivity index (χ0n) is 31.0. The number of rotatable bonds is 14. The SMILES string of the molecule is CCOC([O-])=Nc1ccc(S(=O)(=O)I)cc1.CCOC([O-])=Nc1ccc(S(=O)(=O)I)cc1.CN(C=O)C1=C(N(C)C=O)C(N(C)C=O)=C(N(C)C=O)C(=O)C1=O.[Mg+2]. The summed E-state index contributed by atoms with van der Waals surface area (Å²) in [5, 5.41) is 22.0. The number of allylic oxidation sites excluding steroid dienone is 2. The third-order valence-corrected chi connectivity index (χ3v) is 11.3. The van der Waals surface area contributed by atoms with Crippen LogP contribution in [0.4, 0.5) is 11.4 Å². The molecule has 0 bridgehead atoms. The average Bonchev–Trinajstić information content (AvgIpc) is 3.14. The van der Waals surface area contributed by atoms with E-state index in [0.29, 0.717) is 24.2 Å². The molecule has 1 aliphatic rings. The van der Waals surface area contributed by atoms with Gasteiger partial charge in [0.15, 0.2) is 12.2 Å². The zero-order chi connectivity index (χ0) is 43.0. The van der Waals surface area contributed by atoms with E-state index in [-0.39, 0.29) is 81.7 Å². The fourth-order valence-corrected chi connectivity index (χ4v) is 6.76. The van der Waals surface area contributed by atoms with E-state index in [1.54, 1.807) is 13.8 Å². The van der Waals surface area contributed by atoms with Crippen LogP contribution in [0.1, 0.15) is 13.8 Å². The van der Waals surface area contributed by atoms with Gasteiger partial charge < -0.3 is 39.3 Å². The first-order valence-corrected chi connectivity index (χ1v) is 23.3. The third-order valence-electron chi connectivity index (χ3n) is 6.57. The van der Waals surface area contributed by atoms with Crippen LogP contribution in [0.25, 0.3) is 0 Å². The number of nitrogens with zero attached hydrogens (tertiary/aromatic N) is 6. The van der Waals surface area contributed by atoms with E-state index in [9.17, 15) is 55.8 Å². The number of hydrogen-bond acceptors (Lipinski definition) is 16. The first kappa shape index (κ1) is 52.8. The molecule has 0 radical (unpaired) electrons. The summed E-state index contributed by atoms with van der Waals surface area (Å²) in [5.41, 5.74) is -0.331. The molecule has 57 heavy (non-hydrogen) atoms. The van der Waals surface area contributed by atoms with Crippen LogP contribution in [0.15, 0.2) is 91.1 Å². The van der Waals surface area contributed by atoms with Gasteiger partial charge in [-0.05, 0) is 61.7 Å². The number of Topliss-reactive ketones (excluding diaryl/α,β-unsaturated/α-hetero) is 2. The summed E-state index contributed by atoms with van der Waals surface area (Å²) in [6.45, 7) is 3.86. The van der Waals surface area contributed by atoms with Crippen molar-refractivity contribution in [3.8, 4) is 0 Å². The number of amides is 4. The Kier molecular flexibility index (Phi) is 22.7. The molecular weight excluding hydrogens is 1030 g/mol. The molecule has 1 aliphatic carbocycles. The molecule has 2 aromatic carbocycles. The Morgan fingerprint density at radius 3 is 1.04 bits per heavy atom. The minimum Gasteiger partial charge on any atom is -0.600 e. The van der Waals surface area contributed by atoms with Gasteiger partial charge in [0.05, 0.1) is 75.0 Å². The second-order valence-electron chi connectivity index (χ2n) is 10.4. The average molecular weight is 1070 g/mol. The van der Waals surface area contributed by atoms with E-state index in [0.717, 1.165) is 19.6 Å². The second kappa shape index (κ2) is 24.5. The Hall–Kier alpha value is -4.19. The maximum atomic E-state index is 12.4. The van der Waals surface area contributed by atoms with Gasteiger partial charge in [-0.15, -0.1) is 0 Å². The van der Waals surface area contributed by atoms with E-state index in [1.165, 1.54) is 119 Å². The summed E-state index contributed by atoms with van der Waals surface area (Å²) in [7, 11) is -1.49. The predicted molar refractivity (Wildman–Crippen MR) is 218 cm³/mol. The summed E-state index contributed by atoms with van der Waals surface area (Å²) in [6.07, 6.45) is -0.124. The quantitative estimate of drug-likeness (QED) is 0.0350. The number of likely N-dealkylation sites (N-methyl/N-ethyl adjacent to an activating group) is 4. The van der Waals surface area contributed by atoms with Gasteiger partial charge in [-0.1, -0.05) is 13.8 Å². The van der Waals surface area contributed by atoms with Crippen LogP contribution in [-0.2, 0) is 52.3 Å². The number of ether oxygens (including phenoxy) is 2. The topological polar surface area (TPSA) is 273 Å². The molecule has 20 nitrogen and oxygen atoms in total. The number of halogens is 2. The molecule has 25 heteroatoms. The molecule has 0 heterocycles. The van der Waals surface area contributed by atoms with Gasteiger partial charge in [-0.3, -0.25) is 28.8 Å². The smallest absolute Gasteiger partial charge is 0.600 e. The first-order chi connectivity index (χ1) is 26.1. The van der Waals surface area contributed by atoms with Gasteiger partial charge in [0.25, 0.3) is 11.6 Å². The molecule has 0 N–H and O–H groups in total. The molecule has 2 aromatic rings. The van der Waals surface area contributed by atoms with E-state index in [4.69, 9.17) is 0 Å². The van der Waals surface area contributed by atoms with Crippen LogP contribution >= 0.6 is 42.4 Å². The normalized spacial score (nSPS) is 13.1. The fourth-order valence-electron chi connectivity index (χ4n) is 4.08. The van der Waals surface area contributed by atoms with Crippen molar-refractivity contribution in [2.45, 2.75) is 23.6 Å². The molecule has 0 fully saturated rings. The van der Waals surface area contributed by atoms with Crippen molar-refractivity contribution in [1.82, 2.24) is 19.6 Å². The number of aliphatic imine (C=N–C) groups is 2. The summed E-state index contributed by atoms with van der Waals surface area (Å²) in [4.78, 5) is 80.6. The van der Waals surface area contributed by atoms with Gasteiger partial charge in [-0.2, -0.15) is 0 Å². The molecule has 0 atom stereocenters. The second-order valence-corrected chi connectivity index (χ2v) is 20.1. The van der Waals surface area contributed by atoms with Crippen LogP contribution in [0, 0.1) is 0 Å².